The van der Waals surface area contributed by atoms with Gasteiger partial charge in [0.15, 0.2) is 0 Å². The van der Waals surface area contributed by atoms with E-state index in [2.05, 4.69) is 5.32 Å². The van der Waals surface area contributed by atoms with Crippen molar-refractivity contribution < 1.29 is 4.79 Å². The Morgan fingerprint density at radius 3 is 2.31 bits per heavy atom. The number of hydrogen-bond acceptors (Lipinski definition) is 1. The Balaban J connectivity index is 0. The Kier molecular flexibility index (Phi) is 7.04. The van der Waals surface area contributed by atoms with Gasteiger partial charge >= 0.3 is 0 Å². The topological polar surface area (TPSA) is 29.1 Å². The fraction of sp³-hybridized carbons (Fsp3) is 0.125. The molecule has 0 atom stereocenters. The van der Waals surface area contributed by atoms with Gasteiger partial charge in [0.25, 0.3) is 0 Å². The number of anilines is 1. The Morgan fingerprint density at radius 1 is 1.08 bits per heavy atom. The van der Waals surface area contributed by atoms with Crippen LogP contribution in [0, 0.1) is 0 Å². The molecule has 2 nitrogen and oxygen atoms in total. The second-order valence-electron chi connectivity index (χ2n) is 2.38. The van der Waals surface area contributed by atoms with E-state index in [1.165, 1.54) is 0 Å². The molecule has 74 valence electrons. The molecule has 1 aromatic carbocycles. The number of carbonyl (C=O) groups excluding carboxylic acids is 1. The highest BCUT2D eigenvalue weighted by Crippen LogP contribution is 2.20. The monoisotopic (exact) mass is 241 g/mol. The average molecular weight is 243 g/mol. The highest BCUT2D eigenvalue weighted by atomic mass is 35.5. The van der Waals surface area contributed by atoms with Gasteiger partial charge in [0.1, 0.15) is 0 Å². The van der Waals surface area contributed by atoms with E-state index in [0.29, 0.717) is 6.42 Å². The van der Waals surface area contributed by atoms with Crippen LogP contribution >= 0.6 is 37.2 Å². The van der Waals surface area contributed by atoms with Gasteiger partial charge in [-0.25, -0.2) is 0 Å². The van der Waals surface area contributed by atoms with E-state index in [9.17, 15) is 4.79 Å². The van der Waals surface area contributed by atoms with E-state index < -0.39 is 0 Å². The molecule has 0 spiro atoms. The van der Waals surface area contributed by atoms with Gasteiger partial charge in [-0.1, -0.05) is 18.2 Å². The van der Waals surface area contributed by atoms with E-state index in [1.54, 1.807) is 0 Å². The van der Waals surface area contributed by atoms with E-state index in [1.807, 2.05) is 24.3 Å². The summed E-state index contributed by atoms with van der Waals surface area (Å²) in [6, 6.07) is 7.75. The molecule has 1 aliphatic heterocycles. The predicted octanol–water partition coefficient (Wildman–Crippen LogP) is 2.45. The van der Waals surface area contributed by atoms with Crippen molar-refractivity contribution in [1.82, 2.24) is 0 Å². The predicted molar refractivity (Wildman–Crippen MR) is 60.5 cm³/mol. The summed E-state index contributed by atoms with van der Waals surface area (Å²) < 4.78 is 0. The summed E-state index contributed by atoms with van der Waals surface area (Å²) >= 11 is 0. The SMILES string of the molecule is Cl.Cl.Cl.O=C1Cc2ccccc2N1. The lowest BCUT2D eigenvalue weighted by molar-refractivity contribution is -0.115. The third kappa shape index (κ3) is 3.07. The highest BCUT2D eigenvalue weighted by Gasteiger charge is 2.15. The molecule has 13 heavy (non-hydrogen) atoms. The molecule has 1 aromatic rings. The van der Waals surface area contributed by atoms with Crippen molar-refractivity contribution in [3.8, 4) is 0 Å². The van der Waals surface area contributed by atoms with Crippen LogP contribution in [0.25, 0.3) is 0 Å². The summed E-state index contributed by atoms with van der Waals surface area (Å²) in [5.41, 5.74) is 2.07. The number of para-hydroxylation sites is 1. The van der Waals surface area contributed by atoms with Crippen LogP contribution in [0.15, 0.2) is 24.3 Å². The van der Waals surface area contributed by atoms with Gasteiger partial charge in [-0.05, 0) is 11.6 Å². The van der Waals surface area contributed by atoms with Crippen molar-refractivity contribution in [2.45, 2.75) is 6.42 Å². The van der Waals surface area contributed by atoms with Crippen LogP contribution < -0.4 is 5.32 Å². The maximum atomic E-state index is 10.8. The Labute approximate surface area is 95.3 Å². The summed E-state index contributed by atoms with van der Waals surface area (Å²) in [5.74, 6) is 0.0983. The molecule has 0 aromatic heterocycles. The molecule has 0 saturated heterocycles. The zero-order chi connectivity index (χ0) is 6.97. The first-order chi connectivity index (χ1) is 4.86. The number of carbonyl (C=O) groups is 1. The van der Waals surface area contributed by atoms with Gasteiger partial charge in [-0.2, -0.15) is 0 Å². The van der Waals surface area contributed by atoms with Crippen LogP contribution in [-0.2, 0) is 11.2 Å². The summed E-state index contributed by atoms with van der Waals surface area (Å²) in [7, 11) is 0. The molecule has 2 rings (SSSR count). The van der Waals surface area contributed by atoms with Crippen molar-refractivity contribution in [2.75, 3.05) is 5.32 Å². The number of fused-ring (bicyclic) bond motifs is 1. The third-order valence-electron chi connectivity index (χ3n) is 1.64. The van der Waals surface area contributed by atoms with Crippen LogP contribution in [-0.4, -0.2) is 5.91 Å². The van der Waals surface area contributed by atoms with Crippen LogP contribution in [0.4, 0.5) is 5.69 Å². The maximum absolute atomic E-state index is 10.8. The molecule has 0 radical (unpaired) electrons. The van der Waals surface area contributed by atoms with E-state index >= 15 is 0 Å². The minimum atomic E-state index is 0. The standard InChI is InChI=1S/C8H7NO.3ClH/c10-8-5-6-3-1-2-4-7(6)9-8;;;/h1-4H,5H2,(H,9,10);3*1H. The molecular weight excluding hydrogens is 232 g/mol. The lowest BCUT2D eigenvalue weighted by Gasteiger charge is -1.93. The van der Waals surface area contributed by atoms with Crippen LogP contribution in [0.2, 0.25) is 0 Å². The molecule has 1 aliphatic rings. The second kappa shape index (κ2) is 6.08. The quantitative estimate of drug-likeness (QED) is 0.744. The number of rotatable bonds is 0. The maximum Gasteiger partial charge on any atom is 0.228 e. The van der Waals surface area contributed by atoms with Crippen molar-refractivity contribution in [3.05, 3.63) is 29.8 Å². The lowest BCUT2D eigenvalue weighted by Crippen LogP contribution is -2.03. The summed E-state index contributed by atoms with van der Waals surface area (Å²) in [4.78, 5) is 10.8. The fourth-order valence-corrected chi connectivity index (χ4v) is 1.16. The van der Waals surface area contributed by atoms with Crippen LogP contribution in [0.1, 0.15) is 5.56 Å². The Hall–Kier alpha value is -0.440. The van der Waals surface area contributed by atoms with Gasteiger partial charge in [-0.3, -0.25) is 4.79 Å². The Morgan fingerprint density at radius 2 is 1.69 bits per heavy atom. The smallest absolute Gasteiger partial charge is 0.228 e. The van der Waals surface area contributed by atoms with E-state index in [4.69, 9.17) is 0 Å². The normalized spacial score (nSPS) is 11.2. The van der Waals surface area contributed by atoms with Crippen molar-refractivity contribution in [2.24, 2.45) is 0 Å². The lowest BCUT2D eigenvalue weighted by atomic mass is 10.2. The number of halogens is 3. The first-order valence-corrected chi connectivity index (χ1v) is 3.24. The summed E-state index contributed by atoms with van der Waals surface area (Å²) in [5, 5.41) is 2.76. The number of benzene rings is 1. The van der Waals surface area contributed by atoms with Gasteiger partial charge in [0.2, 0.25) is 5.91 Å². The number of hydrogen-bond donors (Lipinski definition) is 1. The first kappa shape index (κ1) is 15.1. The highest BCUT2D eigenvalue weighted by molar-refractivity contribution is 5.98. The van der Waals surface area contributed by atoms with Gasteiger partial charge in [0.05, 0.1) is 6.42 Å². The largest absolute Gasteiger partial charge is 0.326 e. The van der Waals surface area contributed by atoms with Gasteiger partial charge in [-0.15, -0.1) is 37.2 Å². The average Bonchev–Trinajstić information content (AvgIpc) is 2.27. The zero-order valence-electron chi connectivity index (χ0n) is 6.65. The van der Waals surface area contributed by atoms with E-state index in [0.717, 1.165) is 11.3 Å². The van der Waals surface area contributed by atoms with Crippen molar-refractivity contribution in [3.63, 3.8) is 0 Å². The third-order valence-corrected chi connectivity index (χ3v) is 1.64. The second-order valence-corrected chi connectivity index (χ2v) is 2.38. The molecule has 0 aliphatic carbocycles. The summed E-state index contributed by atoms with van der Waals surface area (Å²) in [6.45, 7) is 0. The molecule has 1 amide bonds. The number of amides is 1. The minimum Gasteiger partial charge on any atom is -0.326 e. The Bertz CT molecular complexity index is 263. The molecule has 0 bridgehead atoms. The van der Waals surface area contributed by atoms with Crippen molar-refractivity contribution in [1.29, 1.82) is 0 Å². The molecule has 0 unspecified atom stereocenters. The first-order valence-electron chi connectivity index (χ1n) is 3.24. The summed E-state index contributed by atoms with van der Waals surface area (Å²) in [6.07, 6.45) is 0.538. The fourth-order valence-electron chi connectivity index (χ4n) is 1.16. The van der Waals surface area contributed by atoms with Gasteiger partial charge in [0, 0.05) is 5.69 Å². The zero-order valence-corrected chi connectivity index (χ0v) is 9.10. The number of nitrogens with one attached hydrogen (secondary N) is 1. The van der Waals surface area contributed by atoms with Gasteiger partial charge < -0.3 is 5.32 Å². The molecule has 0 fully saturated rings. The minimum absolute atomic E-state index is 0. The molecule has 1 N–H and O–H groups in total. The molecule has 5 heteroatoms. The van der Waals surface area contributed by atoms with Crippen LogP contribution in [0.3, 0.4) is 0 Å². The van der Waals surface area contributed by atoms with E-state index in [-0.39, 0.29) is 43.1 Å². The molecular formula is C8H10Cl3NO. The van der Waals surface area contributed by atoms with Crippen molar-refractivity contribution >= 4 is 48.8 Å². The molecule has 1 heterocycles. The molecule has 0 saturated carbocycles. The van der Waals surface area contributed by atoms with Crippen LogP contribution in [0.5, 0.6) is 0 Å².